The standard InChI is InChI=1S/C18H13ClN4OS/c1-25-18-15(11-23(21-18)14-5-3-2-4-6-14)16-20-17(24-22-16)12-7-9-13(19)10-8-12/h2-11H,1H3. The first-order chi connectivity index (χ1) is 12.2. The highest BCUT2D eigenvalue weighted by atomic mass is 35.5. The van der Waals surface area contributed by atoms with Crippen molar-refractivity contribution in [3.05, 3.63) is 65.8 Å². The van der Waals surface area contributed by atoms with Gasteiger partial charge in [-0.15, -0.1) is 11.8 Å². The Morgan fingerprint density at radius 2 is 1.80 bits per heavy atom. The van der Waals surface area contributed by atoms with Gasteiger partial charge in [-0.3, -0.25) is 0 Å². The molecule has 5 nitrogen and oxygen atoms in total. The van der Waals surface area contributed by atoms with Crippen LogP contribution in [0.4, 0.5) is 0 Å². The summed E-state index contributed by atoms with van der Waals surface area (Å²) in [7, 11) is 0. The summed E-state index contributed by atoms with van der Waals surface area (Å²) >= 11 is 7.46. The molecule has 2 aromatic heterocycles. The van der Waals surface area contributed by atoms with Crippen molar-refractivity contribution >= 4 is 23.4 Å². The second-order valence-corrected chi connectivity index (χ2v) is 6.49. The topological polar surface area (TPSA) is 56.7 Å². The van der Waals surface area contributed by atoms with Crippen LogP contribution in [-0.2, 0) is 0 Å². The fourth-order valence-electron chi connectivity index (χ4n) is 2.42. The lowest BCUT2D eigenvalue weighted by atomic mass is 10.2. The van der Waals surface area contributed by atoms with Crippen LogP contribution in [0.25, 0.3) is 28.5 Å². The van der Waals surface area contributed by atoms with E-state index in [0.29, 0.717) is 16.7 Å². The van der Waals surface area contributed by atoms with E-state index in [2.05, 4.69) is 15.2 Å². The third-order valence-corrected chi connectivity index (χ3v) is 4.59. The molecular formula is C18H13ClN4OS. The van der Waals surface area contributed by atoms with E-state index in [0.717, 1.165) is 21.8 Å². The van der Waals surface area contributed by atoms with Gasteiger partial charge in [0.25, 0.3) is 5.89 Å². The molecule has 0 amide bonds. The van der Waals surface area contributed by atoms with E-state index in [9.17, 15) is 0 Å². The van der Waals surface area contributed by atoms with Crippen LogP contribution in [0.1, 0.15) is 0 Å². The fourth-order valence-corrected chi connectivity index (χ4v) is 3.08. The van der Waals surface area contributed by atoms with Crippen molar-refractivity contribution in [2.75, 3.05) is 6.26 Å². The van der Waals surface area contributed by atoms with E-state index in [4.69, 9.17) is 16.1 Å². The number of halogens is 1. The average Bonchev–Trinajstić information content (AvgIpc) is 3.30. The predicted molar refractivity (Wildman–Crippen MR) is 99.1 cm³/mol. The van der Waals surface area contributed by atoms with Crippen LogP contribution in [-0.4, -0.2) is 26.2 Å². The molecule has 0 saturated carbocycles. The Morgan fingerprint density at radius 3 is 2.52 bits per heavy atom. The molecule has 0 aliphatic carbocycles. The summed E-state index contributed by atoms with van der Waals surface area (Å²) < 4.78 is 7.23. The summed E-state index contributed by atoms with van der Waals surface area (Å²) in [6.45, 7) is 0. The zero-order valence-corrected chi connectivity index (χ0v) is 14.8. The maximum Gasteiger partial charge on any atom is 0.258 e. The lowest BCUT2D eigenvalue weighted by molar-refractivity contribution is 0.432. The number of para-hydroxylation sites is 1. The highest BCUT2D eigenvalue weighted by molar-refractivity contribution is 7.98. The number of hydrogen-bond acceptors (Lipinski definition) is 5. The summed E-state index contributed by atoms with van der Waals surface area (Å²) in [5, 5.41) is 10.2. The highest BCUT2D eigenvalue weighted by Crippen LogP contribution is 2.30. The molecule has 0 radical (unpaired) electrons. The molecule has 0 bridgehead atoms. The third kappa shape index (κ3) is 3.18. The minimum absolute atomic E-state index is 0.450. The molecule has 0 N–H and O–H groups in total. The molecule has 0 fully saturated rings. The first-order valence-corrected chi connectivity index (χ1v) is 9.14. The van der Waals surface area contributed by atoms with Gasteiger partial charge in [-0.2, -0.15) is 10.1 Å². The maximum absolute atomic E-state index is 5.92. The Morgan fingerprint density at radius 1 is 1.04 bits per heavy atom. The van der Waals surface area contributed by atoms with Gasteiger partial charge in [0.15, 0.2) is 0 Å². The quantitative estimate of drug-likeness (QED) is 0.476. The first-order valence-electron chi connectivity index (χ1n) is 7.54. The van der Waals surface area contributed by atoms with Gasteiger partial charge in [-0.05, 0) is 42.7 Å². The van der Waals surface area contributed by atoms with Crippen LogP contribution in [0.5, 0.6) is 0 Å². The molecule has 4 rings (SSSR count). The number of nitrogens with zero attached hydrogens (tertiary/aromatic N) is 4. The molecule has 4 aromatic rings. The molecular weight excluding hydrogens is 356 g/mol. The number of aromatic nitrogens is 4. The second-order valence-electron chi connectivity index (χ2n) is 5.26. The van der Waals surface area contributed by atoms with Gasteiger partial charge >= 0.3 is 0 Å². The van der Waals surface area contributed by atoms with Crippen LogP contribution in [0, 0.1) is 0 Å². The Balaban J connectivity index is 1.72. The molecule has 0 spiro atoms. The van der Waals surface area contributed by atoms with Crippen molar-refractivity contribution in [3.63, 3.8) is 0 Å². The number of hydrogen-bond donors (Lipinski definition) is 0. The molecule has 0 aliphatic heterocycles. The first kappa shape index (κ1) is 15.9. The van der Waals surface area contributed by atoms with Gasteiger partial charge in [0, 0.05) is 16.8 Å². The van der Waals surface area contributed by atoms with Gasteiger partial charge < -0.3 is 4.52 Å². The van der Waals surface area contributed by atoms with Gasteiger partial charge in [-0.25, -0.2) is 4.68 Å². The van der Waals surface area contributed by atoms with Crippen molar-refractivity contribution in [2.24, 2.45) is 0 Å². The van der Waals surface area contributed by atoms with Crippen molar-refractivity contribution in [2.45, 2.75) is 5.03 Å². The van der Waals surface area contributed by atoms with Gasteiger partial charge in [-0.1, -0.05) is 35.0 Å². The largest absolute Gasteiger partial charge is 0.334 e. The van der Waals surface area contributed by atoms with Gasteiger partial charge in [0.2, 0.25) is 5.82 Å². The van der Waals surface area contributed by atoms with Crippen molar-refractivity contribution in [1.29, 1.82) is 0 Å². The van der Waals surface area contributed by atoms with Crippen LogP contribution in [0.2, 0.25) is 5.02 Å². The van der Waals surface area contributed by atoms with Crippen LogP contribution < -0.4 is 0 Å². The third-order valence-electron chi connectivity index (χ3n) is 3.65. The zero-order valence-electron chi connectivity index (χ0n) is 13.3. The maximum atomic E-state index is 5.92. The highest BCUT2D eigenvalue weighted by Gasteiger charge is 2.17. The molecule has 124 valence electrons. The minimum atomic E-state index is 0.450. The molecule has 2 aromatic carbocycles. The predicted octanol–water partition coefficient (Wildman–Crippen LogP) is 4.96. The zero-order chi connectivity index (χ0) is 17.2. The smallest absolute Gasteiger partial charge is 0.258 e. The van der Waals surface area contributed by atoms with E-state index in [-0.39, 0.29) is 0 Å². The lowest BCUT2D eigenvalue weighted by Gasteiger charge is -1.98. The summed E-state index contributed by atoms with van der Waals surface area (Å²) in [6.07, 6.45) is 3.89. The van der Waals surface area contributed by atoms with Crippen molar-refractivity contribution in [1.82, 2.24) is 19.9 Å². The molecule has 25 heavy (non-hydrogen) atoms. The molecule has 2 heterocycles. The van der Waals surface area contributed by atoms with Crippen LogP contribution in [0.3, 0.4) is 0 Å². The fraction of sp³-hybridized carbons (Fsp3) is 0.0556. The van der Waals surface area contributed by atoms with Crippen LogP contribution in [0.15, 0.2) is 70.3 Å². The van der Waals surface area contributed by atoms with E-state index < -0.39 is 0 Å². The van der Waals surface area contributed by atoms with E-state index >= 15 is 0 Å². The summed E-state index contributed by atoms with van der Waals surface area (Å²) in [5.74, 6) is 0.961. The van der Waals surface area contributed by atoms with E-state index in [1.807, 2.05) is 59.6 Å². The lowest BCUT2D eigenvalue weighted by Crippen LogP contribution is -1.93. The van der Waals surface area contributed by atoms with Crippen LogP contribution >= 0.6 is 23.4 Å². The Bertz CT molecular complexity index is 996. The Hall–Kier alpha value is -2.57. The monoisotopic (exact) mass is 368 g/mol. The SMILES string of the molecule is CSc1nn(-c2ccccc2)cc1-c1noc(-c2ccc(Cl)cc2)n1. The van der Waals surface area contributed by atoms with Gasteiger partial charge in [0.1, 0.15) is 5.03 Å². The number of rotatable bonds is 4. The number of benzene rings is 2. The average molecular weight is 369 g/mol. The Kier molecular flexibility index (Phi) is 4.29. The minimum Gasteiger partial charge on any atom is -0.334 e. The van der Waals surface area contributed by atoms with Crippen molar-refractivity contribution in [3.8, 4) is 28.5 Å². The Labute approximate surface area is 153 Å². The summed E-state index contributed by atoms with van der Waals surface area (Å²) in [5.41, 5.74) is 2.63. The second kappa shape index (κ2) is 6.74. The molecule has 7 heteroatoms. The van der Waals surface area contributed by atoms with E-state index in [1.54, 1.807) is 23.9 Å². The summed E-state index contributed by atoms with van der Waals surface area (Å²) in [6, 6.07) is 17.2. The molecule has 0 unspecified atom stereocenters. The summed E-state index contributed by atoms with van der Waals surface area (Å²) in [4.78, 5) is 4.51. The molecule has 0 atom stereocenters. The molecule has 0 saturated heterocycles. The van der Waals surface area contributed by atoms with E-state index in [1.165, 1.54) is 0 Å². The molecule has 0 aliphatic rings. The van der Waals surface area contributed by atoms with Gasteiger partial charge in [0.05, 0.1) is 11.3 Å². The van der Waals surface area contributed by atoms with Crippen molar-refractivity contribution < 1.29 is 4.52 Å². The number of thioether (sulfide) groups is 1. The normalized spacial score (nSPS) is 11.0.